The molecule has 0 saturated carbocycles. The number of hydrogen-bond donors (Lipinski definition) is 1. The third-order valence-corrected chi connectivity index (χ3v) is 3.32. The summed E-state index contributed by atoms with van der Waals surface area (Å²) >= 11 is 0. The Bertz CT molecular complexity index is 287. The van der Waals surface area contributed by atoms with Crippen LogP contribution in [0.3, 0.4) is 0 Å². The summed E-state index contributed by atoms with van der Waals surface area (Å²) in [5.41, 5.74) is 8.51. The van der Waals surface area contributed by atoms with Crippen LogP contribution in [0.25, 0.3) is 0 Å². The lowest BCUT2D eigenvalue weighted by atomic mass is 10.0. The van der Waals surface area contributed by atoms with Crippen molar-refractivity contribution in [2.24, 2.45) is 5.73 Å². The quantitative estimate of drug-likeness (QED) is 0.652. The first-order valence-electron chi connectivity index (χ1n) is 7.08. The summed E-state index contributed by atoms with van der Waals surface area (Å²) in [6, 6.07) is 8.93. The van der Waals surface area contributed by atoms with Crippen molar-refractivity contribution in [3.63, 3.8) is 0 Å². The summed E-state index contributed by atoms with van der Waals surface area (Å²) in [6.45, 7) is 4.29. The average Bonchev–Trinajstić information content (AvgIpc) is 2.34. The van der Waals surface area contributed by atoms with E-state index >= 15 is 0 Å². The van der Waals surface area contributed by atoms with Crippen molar-refractivity contribution in [2.75, 3.05) is 0 Å². The number of aryl methyl sites for hydroxylation is 1. The van der Waals surface area contributed by atoms with Gasteiger partial charge in [-0.3, -0.25) is 0 Å². The molecular weight excluding hydrogens is 206 g/mol. The molecule has 0 aliphatic heterocycles. The van der Waals surface area contributed by atoms with Gasteiger partial charge in [-0.2, -0.15) is 0 Å². The molecule has 0 aromatic heterocycles. The lowest BCUT2D eigenvalue weighted by Gasteiger charge is -2.07. The predicted molar refractivity (Wildman–Crippen MR) is 76.1 cm³/mol. The first-order valence-corrected chi connectivity index (χ1v) is 7.08. The molecule has 0 aliphatic carbocycles. The first kappa shape index (κ1) is 14.2. The van der Waals surface area contributed by atoms with Crippen molar-refractivity contribution in [1.29, 1.82) is 0 Å². The van der Waals surface area contributed by atoms with Gasteiger partial charge in [-0.05, 0) is 30.9 Å². The molecule has 17 heavy (non-hydrogen) atoms. The number of rotatable bonds is 8. The topological polar surface area (TPSA) is 26.0 Å². The van der Waals surface area contributed by atoms with E-state index in [1.54, 1.807) is 0 Å². The maximum atomic E-state index is 5.83. The highest BCUT2D eigenvalue weighted by molar-refractivity contribution is 5.24. The minimum Gasteiger partial charge on any atom is -0.324 e. The van der Waals surface area contributed by atoms with Gasteiger partial charge in [-0.1, -0.05) is 63.3 Å². The molecule has 0 amide bonds. The molecule has 2 N–H and O–H groups in total. The van der Waals surface area contributed by atoms with E-state index in [2.05, 4.69) is 31.2 Å². The maximum Gasteiger partial charge on any atom is 0.0266 e. The van der Waals surface area contributed by atoms with Gasteiger partial charge < -0.3 is 5.73 Å². The maximum absolute atomic E-state index is 5.83. The van der Waals surface area contributed by atoms with Gasteiger partial charge in [0.25, 0.3) is 0 Å². The zero-order chi connectivity index (χ0) is 12.5. The molecule has 0 fully saturated rings. The Kier molecular flexibility index (Phi) is 6.95. The number of benzene rings is 1. The van der Waals surface area contributed by atoms with E-state index in [1.165, 1.54) is 56.1 Å². The average molecular weight is 233 g/mol. The van der Waals surface area contributed by atoms with Crippen LogP contribution >= 0.6 is 0 Å². The summed E-state index contributed by atoms with van der Waals surface area (Å²) in [5.74, 6) is 0. The van der Waals surface area contributed by atoms with Crippen LogP contribution in [-0.2, 0) is 6.42 Å². The number of hydrogen-bond acceptors (Lipinski definition) is 1. The van der Waals surface area contributed by atoms with Gasteiger partial charge in [0.2, 0.25) is 0 Å². The molecule has 1 rings (SSSR count). The Hall–Kier alpha value is -0.820. The fourth-order valence-electron chi connectivity index (χ4n) is 2.10. The SMILES string of the molecule is CCCCCCCCc1ccc([C@H](C)N)cc1. The monoisotopic (exact) mass is 233 g/mol. The van der Waals surface area contributed by atoms with Crippen molar-refractivity contribution in [2.45, 2.75) is 64.8 Å². The largest absolute Gasteiger partial charge is 0.324 e. The molecule has 0 radical (unpaired) electrons. The third kappa shape index (κ3) is 5.88. The Morgan fingerprint density at radius 2 is 1.53 bits per heavy atom. The summed E-state index contributed by atoms with van der Waals surface area (Å²) in [4.78, 5) is 0. The summed E-state index contributed by atoms with van der Waals surface area (Å²) in [7, 11) is 0. The Morgan fingerprint density at radius 3 is 2.12 bits per heavy atom. The minimum absolute atomic E-state index is 0.151. The van der Waals surface area contributed by atoms with Crippen LogP contribution in [0.5, 0.6) is 0 Å². The van der Waals surface area contributed by atoms with E-state index in [0.29, 0.717) is 0 Å². The van der Waals surface area contributed by atoms with Crippen molar-refractivity contribution < 1.29 is 0 Å². The van der Waals surface area contributed by atoms with Gasteiger partial charge in [0.1, 0.15) is 0 Å². The highest BCUT2D eigenvalue weighted by Crippen LogP contribution is 2.13. The summed E-state index contributed by atoms with van der Waals surface area (Å²) in [5, 5.41) is 0. The van der Waals surface area contributed by atoms with E-state index < -0.39 is 0 Å². The molecule has 0 saturated heterocycles. The van der Waals surface area contributed by atoms with E-state index in [9.17, 15) is 0 Å². The number of nitrogens with two attached hydrogens (primary N) is 1. The van der Waals surface area contributed by atoms with Gasteiger partial charge >= 0.3 is 0 Å². The Labute approximate surface area is 106 Å². The van der Waals surface area contributed by atoms with Crippen LogP contribution in [0.2, 0.25) is 0 Å². The first-order chi connectivity index (χ1) is 8.24. The standard InChI is InChI=1S/C16H27N/c1-3-4-5-6-7-8-9-15-10-12-16(13-11-15)14(2)17/h10-14H,3-9,17H2,1-2H3/t14-/m0/s1. The van der Waals surface area contributed by atoms with Crippen molar-refractivity contribution >= 4 is 0 Å². The van der Waals surface area contributed by atoms with Crippen LogP contribution < -0.4 is 5.73 Å². The Morgan fingerprint density at radius 1 is 0.941 bits per heavy atom. The van der Waals surface area contributed by atoms with Gasteiger partial charge in [0, 0.05) is 6.04 Å². The van der Waals surface area contributed by atoms with Crippen molar-refractivity contribution in [3.8, 4) is 0 Å². The molecule has 0 aliphatic rings. The van der Waals surface area contributed by atoms with Crippen LogP contribution in [-0.4, -0.2) is 0 Å². The second-order valence-corrected chi connectivity index (χ2v) is 5.05. The fourth-order valence-corrected chi connectivity index (χ4v) is 2.10. The van der Waals surface area contributed by atoms with Gasteiger partial charge in [0.15, 0.2) is 0 Å². The molecule has 1 nitrogen and oxygen atoms in total. The molecule has 1 aromatic rings. The van der Waals surface area contributed by atoms with Crippen LogP contribution in [0.4, 0.5) is 0 Å². The molecule has 0 unspecified atom stereocenters. The normalized spacial score (nSPS) is 12.6. The van der Waals surface area contributed by atoms with E-state index in [4.69, 9.17) is 5.73 Å². The molecule has 1 heteroatoms. The summed E-state index contributed by atoms with van der Waals surface area (Å²) < 4.78 is 0. The highest BCUT2D eigenvalue weighted by atomic mass is 14.6. The van der Waals surface area contributed by atoms with Crippen LogP contribution in [0.15, 0.2) is 24.3 Å². The molecular formula is C16H27N. The second-order valence-electron chi connectivity index (χ2n) is 5.05. The number of unbranched alkanes of at least 4 members (excludes halogenated alkanes) is 5. The third-order valence-electron chi connectivity index (χ3n) is 3.32. The van der Waals surface area contributed by atoms with Gasteiger partial charge in [-0.25, -0.2) is 0 Å². The molecule has 96 valence electrons. The zero-order valence-corrected chi connectivity index (χ0v) is 11.4. The molecule has 1 aromatic carbocycles. The fraction of sp³-hybridized carbons (Fsp3) is 0.625. The zero-order valence-electron chi connectivity index (χ0n) is 11.4. The lowest BCUT2D eigenvalue weighted by molar-refractivity contribution is 0.607. The van der Waals surface area contributed by atoms with Crippen LogP contribution in [0, 0.1) is 0 Å². The molecule has 0 spiro atoms. The molecule has 0 bridgehead atoms. The smallest absolute Gasteiger partial charge is 0.0266 e. The summed E-state index contributed by atoms with van der Waals surface area (Å²) in [6.07, 6.45) is 9.43. The van der Waals surface area contributed by atoms with Crippen LogP contribution in [0.1, 0.15) is 69.5 Å². The van der Waals surface area contributed by atoms with Crippen molar-refractivity contribution in [1.82, 2.24) is 0 Å². The van der Waals surface area contributed by atoms with E-state index in [1.807, 2.05) is 6.92 Å². The van der Waals surface area contributed by atoms with E-state index in [0.717, 1.165) is 0 Å². The minimum atomic E-state index is 0.151. The van der Waals surface area contributed by atoms with Crippen molar-refractivity contribution in [3.05, 3.63) is 35.4 Å². The molecule has 0 heterocycles. The van der Waals surface area contributed by atoms with Gasteiger partial charge in [-0.15, -0.1) is 0 Å². The van der Waals surface area contributed by atoms with E-state index in [-0.39, 0.29) is 6.04 Å². The lowest BCUT2D eigenvalue weighted by Crippen LogP contribution is -2.04. The second kappa shape index (κ2) is 8.30. The molecule has 1 atom stereocenters. The Balaban J connectivity index is 2.19. The van der Waals surface area contributed by atoms with Gasteiger partial charge in [0.05, 0.1) is 0 Å². The predicted octanol–water partition coefficient (Wildman–Crippen LogP) is 4.61. The highest BCUT2D eigenvalue weighted by Gasteiger charge is 1.99.